The maximum Gasteiger partial charge on any atom is 0.160 e. The molecule has 2 atom stereocenters. The van der Waals surface area contributed by atoms with Crippen LogP contribution < -0.4 is 0 Å². The van der Waals surface area contributed by atoms with Gasteiger partial charge < -0.3 is 18.9 Å². The lowest BCUT2D eigenvalue weighted by molar-refractivity contribution is -0.315. The topological polar surface area (TPSA) is 36.9 Å². The minimum Gasteiger partial charge on any atom is -0.352 e. The maximum atomic E-state index is 6.31. The minimum absolute atomic E-state index is 0.0972. The highest BCUT2D eigenvalue weighted by Crippen LogP contribution is 2.34. The molecule has 0 aliphatic carbocycles. The molecule has 2 aliphatic rings. The maximum absolute atomic E-state index is 6.31. The van der Waals surface area contributed by atoms with Gasteiger partial charge in [-0.05, 0) is 24.3 Å². The van der Waals surface area contributed by atoms with Gasteiger partial charge in [0.2, 0.25) is 0 Å². The van der Waals surface area contributed by atoms with Crippen molar-refractivity contribution in [2.45, 2.75) is 297 Å². The van der Waals surface area contributed by atoms with Crippen molar-refractivity contribution in [2.75, 3.05) is 49.4 Å². The molecule has 2 heterocycles. The lowest BCUT2D eigenvalue weighted by atomic mass is 9.90. The molecule has 0 N–H and O–H groups in total. The first-order valence-electron chi connectivity index (χ1n) is 28.7. The number of ether oxygens (including phenoxy) is 4. The third-order valence-corrected chi connectivity index (χ3v) is 16.9. The second kappa shape index (κ2) is 45.0. The van der Waals surface area contributed by atoms with E-state index in [0.717, 1.165) is 11.5 Å². The Hall–Kier alpha value is 0.540. The molecule has 2 unspecified atom stereocenters. The van der Waals surface area contributed by atoms with Crippen molar-refractivity contribution < 1.29 is 18.9 Å². The Bertz CT molecular complexity index is 829. The van der Waals surface area contributed by atoms with Crippen molar-refractivity contribution in [3.05, 3.63) is 0 Å². The normalized spacial score (nSPS) is 20.2. The van der Waals surface area contributed by atoms with Gasteiger partial charge in [0.05, 0.1) is 31.8 Å². The number of hydrogen-bond donors (Lipinski definition) is 0. The molecule has 0 radical (unpaired) electrons. The molecule has 0 amide bonds. The molecule has 0 aromatic heterocycles. The van der Waals surface area contributed by atoms with Gasteiger partial charge in [-0.2, -0.15) is 23.5 Å². The summed E-state index contributed by atoms with van der Waals surface area (Å²) in [6.45, 7) is 11.9. The van der Waals surface area contributed by atoms with Crippen LogP contribution in [0.15, 0.2) is 0 Å². The molecule has 6 heteroatoms. The molecule has 0 saturated carbocycles. The van der Waals surface area contributed by atoms with Gasteiger partial charge in [0.1, 0.15) is 0 Å². The summed E-state index contributed by atoms with van der Waals surface area (Å²) >= 11 is 4.17. The number of unbranched alkanes of at least 4 members (excludes halogenated alkanes) is 38. The van der Waals surface area contributed by atoms with Crippen molar-refractivity contribution in [3.63, 3.8) is 0 Å². The molecular formula is C57H112O4S2. The zero-order valence-electron chi connectivity index (χ0n) is 43.2. The lowest BCUT2D eigenvalue weighted by Gasteiger charge is -2.45. The van der Waals surface area contributed by atoms with E-state index >= 15 is 0 Å². The number of thioether (sulfide) groups is 2. The summed E-state index contributed by atoms with van der Waals surface area (Å²) in [6.07, 6.45) is 57.5. The summed E-state index contributed by atoms with van der Waals surface area (Å²) in [5.41, 5.74) is -0.147. The van der Waals surface area contributed by atoms with Crippen molar-refractivity contribution in [1.29, 1.82) is 0 Å². The van der Waals surface area contributed by atoms with E-state index in [1.165, 1.54) is 268 Å². The van der Waals surface area contributed by atoms with E-state index in [9.17, 15) is 0 Å². The van der Waals surface area contributed by atoms with Crippen molar-refractivity contribution >= 4 is 23.5 Å². The fourth-order valence-corrected chi connectivity index (χ4v) is 11.9. The van der Waals surface area contributed by atoms with E-state index in [1.807, 2.05) is 0 Å². The highest BCUT2D eigenvalue weighted by atomic mass is 32.2. The number of hydrogen-bond acceptors (Lipinski definition) is 6. The van der Waals surface area contributed by atoms with Crippen molar-refractivity contribution in [1.82, 2.24) is 0 Å². The molecular weight excluding hydrogens is 813 g/mol. The Balaban J connectivity index is 1.29. The van der Waals surface area contributed by atoms with Crippen LogP contribution >= 0.6 is 23.5 Å². The highest BCUT2D eigenvalue weighted by molar-refractivity contribution is 7.99. The third kappa shape index (κ3) is 35.3. The van der Waals surface area contributed by atoms with E-state index < -0.39 is 0 Å². The highest BCUT2D eigenvalue weighted by Gasteiger charge is 2.43. The van der Waals surface area contributed by atoms with Gasteiger partial charge in [-0.25, -0.2) is 0 Å². The molecule has 63 heavy (non-hydrogen) atoms. The monoisotopic (exact) mass is 925 g/mol. The van der Waals surface area contributed by atoms with Crippen LogP contribution in [0.25, 0.3) is 0 Å². The summed E-state index contributed by atoms with van der Waals surface area (Å²) in [5.74, 6) is 5.57. The molecule has 2 fully saturated rings. The van der Waals surface area contributed by atoms with E-state index in [4.69, 9.17) is 18.9 Å². The second-order valence-corrected chi connectivity index (χ2v) is 23.3. The van der Waals surface area contributed by atoms with Gasteiger partial charge in [0.15, 0.2) is 12.6 Å². The van der Waals surface area contributed by atoms with Gasteiger partial charge in [0.25, 0.3) is 0 Å². The third-order valence-electron chi connectivity index (χ3n) is 14.2. The summed E-state index contributed by atoms with van der Waals surface area (Å²) in [5, 5.41) is 0. The van der Waals surface area contributed by atoms with Crippen LogP contribution in [-0.4, -0.2) is 62.0 Å². The van der Waals surface area contributed by atoms with Gasteiger partial charge >= 0.3 is 0 Å². The summed E-state index contributed by atoms with van der Waals surface area (Å²) in [7, 11) is 0. The standard InChI is InChI=1S/C57H112O4S2/c1-5-7-9-11-13-15-17-19-21-23-25-27-29-31-33-35-37-39-41-43-45-62-47-53(3)55-58-49-57(50-59-55)51-60-56(61-52-57)54(4)48-63-46-44-42-40-38-36-34-32-30-28-26-24-22-20-18-16-14-12-10-8-6-2/h53-56H,5-52H2,1-4H3. The Kier molecular flexibility index (Phi) is 42.6. The fraction of sp³-hybridized carbons (Fsp3) is 1.00. The second-order valence-electron chi connectivity index (χ2n) is 21.0. The van der Waals surface area contributed by atoms with Crippen LogP contribution in [0.3, 0.4) is 0 Å². The number of rotatable bonds is 48. The van der Waals surface area contributed by atoms with Gasteiger partial charge in [-0.15, -0.1) is 0 Å². The molecule has 2 rings (SSSR count). The summed E-state index contributed by atoms with van der Waals surface area (Å²) in [6, 6.07) is 0. The van der Waals surface area contributed by atoms with E-state index in [-0.39, 0.29) is 18.0 Å². The van der Waals surface area contributed by atoms with Crippen LogP contribution in [-0.2, 0) is 18.9 Å². The van der Waals surface area contributed by atoms with Crippen LogP contribution in [0.4, 0.5) is 0 Å². The molecule has 0 aromatic rings. The Morgan fingerprint density at radius 2 is 0.508 bits per heavy atom. The zero-order chi connectivity index (χ0) is 45.0. The summed E-state index contributed by atoms with van der Waals surface area (Å²) < 4.78 is 25.2. The average molecular weight is 926 g/mol. The van der Waals surface area contributed by atoms with Crippen LogP contribution in [0.1, 0.15) is 285 Å². The largest absolute Gasteiger partial charge is 0.352 e. The molecule has 2 saturated heterocycles. The molecule has 2 aliphatic heterocycles. The molecule has 376 valence electrons. The Labute approximate surface area is 404 Å². The first-order chi connectivity index (χ1) is 31.1. The summed E-state index contributed by atoms with van der Waals surface area (Å²) in [4.78, 5) is 0. The molecule has 1 spiro atoms. The van der Waals surface area contributed by atoms with E-state index in [2.05, 4.69) is 51.2 Å². The molecule has 0 aromatic carbocycles. The first kappa shape index (κ1) is 59.7. The predicted molar refractivity (Wildman–Crippen MR) is 283 cm³/mol. The smallest absolute Gasteiger partial charge is 0.160 e. The Morgan fingerprint density at radius 1 is 0.317 bits per heavy atom. The predicted octanol–water partition coefficient (Wildman–Crippen LogP) is 19.1. The quantitative estimate of drug-likeness (QED) is 0.0566. The van der Waals surface area contributed by atoms with Crippen molar-refractivity contribution in [2.24, 2.45) is 17.3 Å². The first-order valence-corrected chi connectivity index (χ1v) is 31.0. The fourth-order valence-electron chi connectivity index (χ4n) is 9.65. The van der Waals surface area contributed by atoms with Gasteiger partial charge in [-0.1, -0.05) is 272 Å². The lowest BCUT2D eigenvalue weighted by Crippen LogP contribution is -2.54. The molecule has 0 bridgehead atoms. The van der Waals surface area contributed by atoms with Crippen LogP contribution in [0.5, 0.6) is 0 Å². The van der Waals surface area contributed by atoms with Crippen LogP contribution in [0.2, 0.25) is 0 Å². The zero-order valence-corrected chi connectivity index (χ0v) is 44.8. The van der Waals surface area contributed by atoms with E-state index in [1.54, 1.807) is 0 Å². The van der Waals surface area contributed by atoms with Crippen LogP contribution in [0, 0.1) is 17.3 Å². The average Bonchev–Trinajstić information content (AvgIpc) is 3.30. The van der Waals surface area contributed by atoms with Gasteiger partial charge in [0, 0.05) is 23.3 Å². The van der Waals surface area contributed by atoms with E-state index in [0.29, 0.717) is 38.3 Å². The molecule has 4 nitrogen and oxygen atoms in total. The Morgan fingerprint density at radius 3 is 0.714 bits per heavy atom. The SMILES string of the molecule is CCCCCCCCCCCCCCCCCCCCCCSCC(C)C1OCC2(CO1)COC(C(C)CSCCCCCCCCCCCCCCCCCCCCCC)OC2. The van der Waals surface area contributed by atoms with Crippen molar-refractivity contribution in [3.8, 4) is 0 Å². The minimum atomic E-state index is -0.147. The van der Waals surface area contributed by atoms with Gasteiger partial charge in [-0.3, -0.25) is 0 Å².